The zero-order valence-electron chi connectivity index (χ0n) is 15.4. The van der Waals surface area contributed by atoms with Crippen LogP contribution in [0.25, 0.3) is 15.9 Å². The summed E-state index contributed by atoms with van der Waals surface area (Å²) < 4.78 is 13.3. The summed E-state index contributed by atoms with van der Waals surface area (Å²) >= 11 is 1.73. The minimum Gasteiger partial charge on any atom is -0.379 e. The molecule has 0 saturated carbocycles. The van der Waals surface area contributed by atoms with E-state index < -0.39 is 0 Å². The summed E-state index contributed by atoms with van der Waals surface area (Å²) in [5.41, 5.74) is 2.12. The molecular formula is C18H23N5O2S. The summed E-state index contributed by atoms with van der Waals surface area (Å²) in [7, 11) is 0. The zero-order valence-corrected chi connectivity index (χ0v) is 16.2. The van der Waals surface area contributed by atoms with Crippen molar-refractivity contribution in [3.8, 4) is 0 Å². The highest BCUT2D eigenvalue weighted by Gasteiger charge is 2.31. The van der Waals surface area contributed by atoms with Crippen LogP contribution in [-0.2, 0) is 29.0 Å². The zero-order chi connectivity index (χ0) is 17.9. The number of hydrogen-bond donors (Lipinski definition) is 0. The van der Waals surface area contributed by atoms with Crippen LogP contribution >= 0.6 is 11.3 Å². The summed E-state index contributed by atoms with van der Waals surface area (Å²) in [5, 5.41) is 5.92. The monoisotopic (exact) mass is 373 g/mol. The molecule has 0 radical (unpaired) electrons. The quantitative estimate of drug-likeness (QED) is 0.687. The fraction of sp³-hybridized carbons (Fsp3) is 0.611. The lowest BCUT2D eigenvalue weighted by atomic mass is 9.94. The average Bonchev–Trinajstić information content (AvgIpc) is 3.16. The standard InChI is InChI=1S/C18H23N5O2S/c1-11-19-17-15(12-8-18(2,3)25-10-13(12)26-17)16-20-14(21-23(11)16)9-22-4-6-24-7-5-22/h4-10H2,1-3H3. The number of hydrogen-bond acceptors (Lipinski definition) is 7. The topological polar surface area (TPSA) is 64.8 Å². The third-order valence-electron chi connectivity index (χ3n) is 5.18. The van der Waals surface area contributed by atoms with E-state index in [0.29, 0.717) is 6.61 Å². The molecule has 0 spiro atoms. The van der Waals surface area contributed by atoms with Crippen LogP contribution in [0.15, 0.2) is 0 Å². The maximum absolute atomic E-state index is 5.99. The van der Waals surface area contributed by atoms with Gasteiger partial charge in [-0.3, -0.25) is 4.90 Å². The van der Waals surface area contributed by atoms with E-state index in [2.05, 4.69) is 18.7 Å². The van der Waals surface area contributed by atoms with E-state index in [1.165, 1.54) is 10.4 Å². The first-order valence-corrected chi connectivity index (χ1v) is 9.92. The minimum atomic E-state index is -0.153. The molecule has 8 heteroatoms. The van der Waals surface area contributed by atoms with Crippen LogP contribution in [0.5, 0.6) is 0 Å². The first-order valence-electron chi connectivity index (χ1n) is 9.11. The SMILES string of the molecule is Cc1nc2sc3c(c2c2nc(CN4CCOCC4)nn12)CC(C)(C)OC3. The van der Waals surface area contributed by atoms with Gasteiger partial charge in [-0.2, -0.15) is 4.52 Å². The molecule has 1 fully saturated rings. The Morgan fingerprint density at radius 2 is 2.00 bits per heavy atom. The molecule has 138 valence electrons. The summed E-state index contributed by atoms with van der Waals surface area (Å²) in [6.07, 6.45) is 0.883. The molecule has 0 N–H and O–H groups in total. The van der Waals surface area contributed by atoms with Gasteiger partial charge in [0.15, 0.2) is 11.5 Å². The van der Waals surface area contributed by atoms with Crippen molar-refractivity contribution in [2.45, 2.75) is 45.9 Å². The van der Waals surface area contributed by atoms with Gasteiger partial charge in [0, 0.05) is 24.4 Å². The molecule has 0 aliphatic carbocycles. The van der Waals surface area contributed by atoms with E-state index in [0.717, 1.165) is 66.8 Å². The highest BCUT2D eigenvalue weighted by Crippen LogP contribution is 2.39. The Balaban J connectivity index is 1.63. The molecule has 0 aromatic carbocycles. The Bertz CT molecular complexity index is 987. The number of fused-ring (bicyclic) bond motifs is 5. The molecule has 7 nitrogen and oxygen atoms in total. The van der Waals surface area contributed by atoms with Crippen molar-refractivity contribution in [1.29, 1.82) is 0 Å². The maximum atomic E-state index is 5.99. The van der Waals surface area contributed by atoms with Gasteiger partial charge in [0.1, 0.15) is 10.7 Å². The van der Waals surface area contributed by atoms with Gasteiger partial charge in [-0.1, -0.05) is 0 Å². The molecule has 5 rings (SSSR count). The normalized spacial score (nSPS) is 20.7. The van der Waals surface area contributed by atoms with Crippen LogP contribution in [0.1, 0.15) is 35.9 Å². The van der Waals surface area contributed by atoms with Gasteiger partial charge in [-0.15, -0.1) is 16.4 Å². The number of aryl methyl sites for hydroxylation is 1. The Hall–Kier alpha value is -1.61. The third kappa shape index (κ3) is 2.72. The van der Waals surface area contributed by atoms with Crippen LogP contribution in [0.3, 0.4) is 0 Å². The highest BCUT2D eigenvalue weighted by molar-refractivity contribution is 7.19. The second kappa shape index (κ2) is 5.95. The first kappa shape index (κ1) is 16.6. The fourth-order valence-electron chi connectivity index (χ4n) is 3.81. The van der Waals surface area contributed by atoms with Gasteiger partial charge in [0.05, 0.1) is 37.4 Å². The summed E-state index contributed by atoms with van der Waals surface area (Å²) in [5.74, 6) is 1.74. The number of aromatic nitrogens is 4. The van der Waals surface area contributed by atoms with E-state index in [1.807, 2.05) is 11.4 Å². The molecule has 2 aliphatic rings. The second-order valence-corrected chi connectivity index (χ2v) is 8.80. The molecule has 0 unspecified atom stereocenters. The van der Waals surface area contributed by atoms with Crippen molar-refractivity contribution < 1.29 is 9.47 Å². The number of morpholine rings is 1. The van der Waals surface area contributed by atoms with Crippen LogP contribution in [0, 0.1) is 6.92 Å². The molecule has 5 heterocycles. The van der Waals surface area contributed by atoms with Crippen LogP contribution < -0.4 is 0 Å². The second-order valence-electron chi connectivity index (χ2n) is 7.72. The molecule has 0 amide bonds. The van der Waals surface area contributed by atoms with Crippen molar-refractivity contribution in [3.63, 3.8) is 0 Å². The van der Waals surface area contributed by atoms with Crippen molar-refractivity contribution in [2.75, 3.05) is 26.3 Å². The largest absolute Gasteiger partial charge is 0.379 e. The maximum Gasteiger partial charge on any atom is 0.168 e. The van der Waals surface area contributed by atoms with Crippen molar-refractivity contribution in [3.05, 3.63) is 22.1 Å². The lowest BCUT2D eigenvalue weighted by molar-refractivity contribution is -0.0379. The smallest absolute Gasteiger partial charge is 0.168 e. The number of ether oxygens (including phenoxy) is 2. The van der Waals surface area contributed by atoms with E-state index in [-0.39, 0.29) is 5.60 Å². The predicted octanol–water partition coefficient (Wildman–Crippen LogP) is 2.33. The lowest BCUT2D eigenvalue weighted by Gasteiger charge is -2.30. The number of rotatable bonds is 2. The van der Waals surface area contributed by atoms with Crippen molar-refractivity contribution >= 4 is 27.2 Å². The van der Waals surface area contributed by atoms with E-state index in [1.54, 1.807) is 11.3 Å². The summed E-state index contributed by atoms with van der Waals surface area (Å²) in [6.45, 7) is 11.1. The van der Waals surface area contributed by atoms with E-state index in [9.17, 15) is 0 Å². The molecule has 1 saturated heterocycles. The number of thiophene rings is 1. The molecule has 0 bridgehead atoms. The van der Waals surface area contributed by atoms with E-state index in [4.69, 9.17) is 24.5 Å². The van der Waals surface area contributed by atoms with Crippen LogP contribution in [0.2, 0.25) is 0 Å². The fourth-order valence-corrected chi connectivity index (χ4v) is 4.95. The summed E-state index contributed by atoms with van der Waals surface area (Å²) in [4.78, 5) is 14.4. The third-order valence-corrected chi connectivity index (χ3v) is 6.28. The molecule has 0 atom stereocenters. The van der Waals surface area contributed by atoms with Crippen LogP contribution in [-0.4, -0.2) is 56.4 Å². The van der Waals surface area contributed by atoms with Crippen LogP contribution in [0.4, 0.5) is 0 Å². The van der Waals surface area contributed by atoms with Gasteiger partial charge in [-0.05, 0) is 26.3 Å². The summed E-state index contributed by atoms with van der Waals surface area (Å²) in [6, 6.07) is 0. The van der Waals surface area contributed by atoms with Gasteiger partial charge < -0.3 is 9.47 Å². The Labute approximate surface area is 155 Å². The molecular weight excluding hydrogens is 350 g/mol. The van der Waals surface area contributed by atoms with Gasteiger partial charge >= 0.3 is 0 Å². The van der Waals surface area contributed by atoms with Crippen molar-refractivity contribution in [2.24, 2.45) is 0 Å². The van der Waals surface area contributed by atoms with Gasteiger partial charge in [0.2, 0.25) is 0 Å². The molecule has 3 aromatic heterocycles. The van der Waals surface area contributed by atoms with Gasteiger partial charge in [0.25, 0.3) is 0 Å². The number of nitrogens with zero attached hydrogens (tertiary/aromatic N) is 5. The average molecular weight is 373 g/mol. The van der Waals surface area contributed by atoms with Crippen molar-refractivity contribution in [1.82, 2.24) is 24.5 Å². The van der Waals surface area contributed by atoms with Gasteiger partial charge in [-0.25, -0.2) is 9.97 Å². The minimum absolute atomic E-state index is 0.153. The Morgan fingerprint density at radius 1 is 1.19 bits per heavy atom. The lowest BCUT2D eigenvalue weighted by Crippen LogP contribution is -2.35. The molecule has 26 heavy (non-hydrogen) atoms. The highest BCUT2D eigenvalue weighted by atomic mass is 32.1. The van der Waals surface area contributed by atoms with E-state index >= 15 is 0 Å². The first-order chi connectivity index (χ1) is 12.5. The Morgan fingerprint density at radius 3 is 2.81 bits per heavy atom. The predicted molar refractivity (Wildman–Crippen MR) is 99.6 cm³/mol. The Kier molecular flexibility index (Phi) is 3.79. The molecule has 3 aromatic rings. The molecule has 2 aliphatic heterocycles.